The minimum Gasteiger partial charge on any atom is -0.494 e. The topological polar surface area (TPSA) is 108 Å². The van der Waals surface area contributed by atoms with Crippen molar-refractivity contribution in [3.05, 3.63) is 53.1 Å². The molecule has 1 aliphatic heterocycles. The van der Waals surface area contributed by atoms with Gasteiger partial charge in [0.05, 0.1) is 11.5 Å². The third-order valence-electron chi connectivity index (χ3n) is 4.26. The van der Waals surface area contributed by atoms with Gasteiger partial charge in [0, 0.05) is 29.7 Å². The van der Waals surface area contributed by atoms with Gasteiger partial charge in [-0.15, -0.1) is 0 Å². The Morgan fingerprint density at radius 2 is 2.00 bits per heavy atom. The maximum atomic E-state index is 12.4. The second-order valence-electron chi connectivity index (χ2n) is 6.39. The summed E-state index contributed by atoms with van der Waals surface area (Å²) in [6.45, 7) is 4.69. The number of hydrogen-bond donors (Lipinski definition) is 2. The lowest BCUT2D eigenvalue weighted by atomic mass is 10.1. The maximum absolute atomic E-state index is 12.4. The number of rotatable bonds is 6. The summed E-state index contributed by atoms with van der Waals surface area (Å²) in [5.74, 6) is 1.21. The SMILES string of the molecule is CCOc1cc2c(cc1CNC(=O)c1ccc(S(N)(=O)=O)cc1)O[C@H](C)C2. The van der Waals surface area contributed by atoms with Crippen LogP contribution in [0.3, 0.4) is 0 Å². The van der Waals surface area contributed by atoms with E-state index in [-0.39, 0.29) is 23.5 Å². The molecule has 3 rings (SSSR count). The van der Waals surface area contributed by atoms with Crippen molar-refractivity contribution in [2.75, 3.05) is 6.61 Å². The fourth-order valence-corrected chi connectivity index (χ4v) is 3.50. The van der Waals surface area contributed by atoms with Crippen molar-refractivity contribution in [3.8, 4) is 11.5 Å². The molecule has 0 saturated heterocycles. The first-order valence-corrected chi connectivity index (χ1v) is 10.2. The molecule has 0 aromatic heterocycles. The molecule has 3 N–H and O–H groups in total. The molecule has 0 unspecified atom stereocenters. The molecule has 27 heavy (non-hydrogen) atoms. The van der Waals surface area contributed by atoms with E-state index in [2.05, 4.69) is 5.32 Å². The van der Waals surface area contributed by atoms with E-state index < -0.39 is 10.0 Å². The molecule has 0 bridgehead atoms. The Morgan fingerprint density at radius 1 is 1.30 bits per heavy atom. The van der Waals surface area contributed by atoms with Crippen LogP contribution < -0.4 is 19.9 Å². The number of carbonyl (C=O) groups excluding carboxylic acids is 1. The zero-order valence-corrected chi connectivity index (χ0v) is 16.0. The molecule has 7 nitrogen and oxygen atoms in total. The molecule has 2 aromatic carbocycles. The van der Waals surface area contributed by atoms with Crippen LogP contribution in [0.15, 0.2) is 41.3 Å². The highest BCUT2D eigenvalue weighted by Crippen LogP contribution is 2.35. The van der Waals surface area contributed by atoms with E-state index >= 15 is 0 Å². The summed E-state index contributed by atoms with van der Waals surface area (Å²) in [7, 11) is -3.79. The monoisotopic (exact) mass is 390 g/mol. The molecular weight excluding hydrogens is 368 g/mol. The van der Waals surface area contributed by atoms with E-state index in [0.29, 0.717) is 12.2 Å². The Hall–Kier alpha value is -2.58. The quantitative estimate of drug-likeness (QED) is 0.784. The van der Waals surface area contributed by atoms with E-state index in [1.54, 1.807) is 0 Å². The highest BCUT2D eigenvalue weighted by molar-refractivity contribution is 7.89. The molecule has 2 aromatic rings. The summed E-state index contributed by atoms with van der Waals surface area (Å²) in [6.07, 6.45) is 0.954. The predicted octanol–water partition coefficient (Wildman–Crippen LogP) is 1.99. The summed E-state index contributed by atoms with van der Waals surface area (Å²) in [6, 6.07) is 9.32. The van der Waals surface area contributed by atoms with Crippen LogP contribution in [0.5, 0.6) is 11.5 Å². The molecule has 0 spiro atoms. The number of nitrogens with one attached hydrogen (secondary N) is 1. The van der Waals surface area contributed by atoms with Gasteiger partial charge in [-0.05, 0) is 50.2 Å². The minimum absolute atomic E-state index is 0.0393. The van der Waals surface area contributed by atoms with Crippen LogP contribution in [0.1, 0.15) is 35.3 Å². The summed E-state index contributed by atoms with van der Waals surface area (Å²) >= 11 is 0. The molecule has 1 heterocycles. The van der Waals surface area contributed by atoms with E-state index in [4.69, 9.17) is 14.6 Å². The van der Waals surface area contributed by atoms with Gasteiger partial charge in [0.2, 0.25) is 10.0 Å². The van der Waals surface area contributed by atoms with Crippen molar-refractivity contribution in [3.63, 3.8) is 0 Å². The van der Waals surface area contributed by atoms with E-state index in [1.165, 1.54) is 24.3 Å². The van der Waals surface area contributed by atoms with Gasteiger partial charge in [-0.25, -0.2) is 13.6 Å². The number of benzene rings is 2. The minimum atomic E-state index is -3.79. The van der Waals surface area contributed by atoms with Gasteiger partial charge in [-0.1, -0.05) is 0 Å². The lowest BCUT2D eigenvalue weighted by Crippen LogP contribution is -2.23. The van der Waals surface area contributed by atoms with Crippen LogP contribution in [-0.2, 0) is 23.0 Å². The number of hydrogen-bond acceptors (Lipinski definition) is 5. The van der Waals surface area contributed by atoms with E-state index in [0.717, 1.165) is 29.0 Å². The van der Waals surface area contributed by atoms with Crippen molar-refractivity contribution in [1.82, 2.24) is 5.32 Å². The zero-order chi connectivity index (χ0) is 19.6. The zero-order valence-electron chi connectivity index (χ0n) is 15.2. The molecule has 144 valence electrons. The first-order chi connectivity index (χ1) is 12.8. The molecule has 1 aliphatic rings. The van der Waals surface area contributed by atoms with E-state index in [9.17, 15) is 13.2 Å². The van der Waals surface area contributed by atoms with Crippen LogP contribution in [0.2, 0.25) is 0 Å². The standard InChI is InChI=1S/C19H22N2O5S/c1-3-25-17-9-14-8-12(2)26-18(14)10-15(17)11-21-19(22)13-4-6-16(7-5-13)27(20,23)24/h4-7,9-10,12H,3,8,11H2,1-2H3,(H,21,22)(H2,20,23,24)/t12-/m1/s1. The van der Waals surface area contributed by atoms with Gasteiger partial charge in [0.25, 0.3) is 5.91 Å². The highest BCUT2D eigenvalue weighted by atomic mass is 32.2. The number of primary sulfonamides is 1. The van der Waals surface area contributed by atoms with Gasteiger partial charge in [0.15, 0.2) is 0 Å². The number of ether oxygens (including phenoxy) is 2. The Kier molecular flexibility index (Phi) is 5.38. The Bertz CT molecular complexity index is 955. The Labute approximate surface area is 158 Å². The second-order valence-corrected chi connectivity index (χ2v) is 7.95. The van der Waals surface area contributed by atoms with Crippen LogP contribution in [0.25, 0.3) is 0 Å². The van der Waals surface area contributed by atoms with Gasteiger partial charge in [0.1, 0.15) is 17.6 Å². The van der Waals surface area contributed by atoms with Gasteiger partial charge in [-0.3, -0.25) is 4.79 Å². The van der Waals surface area contributed by atoms with Crippen molar-refractivity contribution >= 4 is 15.9 Å². The van der Waals surface area contributed by atoms with E-state index in [1.807, 2.05) is 26.0 Å². The third kappa shape index (κ3) is 4.40. The molecule has 1 amide bonds. The van der Waals surface area contributed by atoms with Gasteiger partial charge in [-0.2, -0.15) is 0 Å². The Morgan fingerprint density at radius 3 is 2.63 bits per heavy atom. The average Bonchev–Trinajstić information content (AvgIpc) is 2.98. The summed E-state index contributed by atoms with van der Waals surface area (Å²) in [5.41, 5.74) is 2.25. The smallest absolute Gasteiger partial charge is 0.251 e. The summed E-state index contributed by atoms with van der Waals surface area (Å²) < 4.78 is 34.1. The Balaban J connectivity index is 1.74. The predicted molar refractivity (Wildman–Crippen MR) is 100 cm³/mol. The fraction of sp³-hybridized carbons (Fsp3) is 0.316. The van der Waals surface area contributed by atoms with Crippen molar-refractivity contribution in [1.29, 1.82) is 0 Å². The molecule has 0 radical (unpaired) electrons. The van der Waals surface area contributed by atoms with Crippen LogP contribution in [0, 0.1) is 0 Å². The van der Waals surface area contributed by atoms with Crippen molar-refractivity contribution in [2.24, 2.45) is 5.14 Å². The first kappa shape index (κ1) is 19.2. The second kappa shape index (κ2) is 7.58. The van der Waals surface area contributed by atoms with Crippen LogP contribution >= 0.6 is 0 Å². The normalized spacial score (nSPS) is 15.7. The average molecular weight is 390 g/mol. The molecule has 1 atom stereocenters. The molecule has 0 saturated carbocycles. The lowest BCUT2D eigenvalue weighted by Gasteiger charge is -2.13. The lowest BCUT2D eigenvalue weighted by molar-refractivity contribution is 0.0950. The number of carbonyl (C=O) groups is 1. The van der Waals surface area contributed by atoms with Gasteiger partial charge < -0.3 is 14.8 Å². The number of amides is 1. The summed E-state index contributed by atoms with van der Waals surface area (Å²) in [4.78, 5) is 12.3. The largest absolute Gasteiger partial charge is 0.494 e. The highest BCUT2D eigenvalue weighted by Gasteiger charge is 2.22. The summed E-state index contributed by atoms with van der Waals surface area (Å²) in [5, 5.41) is 7.88. The number of nitrogens with two attached hydrogens (primary N) is 1. The number of fused-ring (bicyclic) bond motifs is 1. The van der Waals surface area contributed by atoms with Crippen molar-refractivity contribution in [2.45, 2.75) is 37.8 Å². The molecule has 0 aliphatic carbocycles. The maximum Gasteiger partial charge on any atom is 0.251 e. The third-order valence-corrected chi connectivity index (χ3v) is 5.19. The van der Waals surface area contributed by atoms with Crippen LogP contribution in [0.4, 0.5) is 0 Å². The van der Waals surface area contributed by atoms with Gasteiger partial charge >= 0.3 is 0 Å². The molecular formula is C19H22N2O5S. The first-order valence-electron chi connectivity index (χ1n) is 8.64. The molecule has 8 heteroatoms. The van der Waals surface area contributed by atoms with Crippen LogP contribution in [-0.4, -0.2) is 27.0 Å². The molecule has 0 fully saturated rings. The van der Waals surface area contributed by atoms with Crippen molar-refractivity contribution < 1.29 is 22.7 Å². The fourth-order valence-electron chi connectivity index (χ4n) is 2.98. The number of sulfonamides is 1.